The molecule has 0 aliphatic carbocycles. The van der Waals surface area contributed by atoms with Gasteiger partial charge in [0.1, 0.15) is 0 Å². The van der Waals surface area contributed by atoms with Crippen LogP contribution in [0, 0.1) is 0 Å². The van der Waals surface area contributed by atoms with Crippen LogP contribution in [0.25, 0.3) is 11.1 Å². The lowest BCUT2D eigenvalue weighted by atomic mass is 10.1. The average Bonchev–Trinajstić information content (AvgIpc) is 2.41. The maximum absolute atomic E-state index is 9.67. The summed E-state index contributed by atoms with van der Waals surface area (Å²) in [5, 5.41) is 1.44. The summed E-state index contributed by atoms with van der Waals surface area (Å²) in [4.78, 5) is 0. The molecule has 0 unspecified atom stereocenters. The predicted molar refractivity (Wildman–Crippen MR) is 78.2 cm³/mol. The molecule has 19 heavy (non-hydrogen) atoms. The molecular formula is C15H15F3S. The molecule has 0 fully saturated rings. The average molecular weight is 284 g/mol. The Morgan fingerprint density at radius 1 is 0.789 bits per heavy atom. The molecule has 4 heteroatoms. The van der Waals surface area contributed by atoms with E-state index in [1.165, 1.54) is 16.5 Å². The molecule has 0 amide bonds. The second-order valence-electron chi connectivity index (χ2n) is 3.16. The van der Waals surface area contributed by atoms with Gasteiger partial charge in [-0.15, -0.1) is 0 Å². The van der Waals surface area contributed by atoms with E-state index >= 15 is 0 Å². The van der Waals surface area contributed by atoms with Crippen LogP contribution in [0.2, 0.25) is 0 Å². The highest BCUT2D eigenvalue weighted by atomic mass is 32.1. The van der Waals surface area contributed by atoms with Gasteiger partial charge in [-0.3, -0.25) is 0 Å². The predicted octanol–water partition coefficient (Wildman–Crippen LogP) is 5.59. The molecule has 0 atom stereocenters. The van der Waals surface area contributed by atoms with Crippen molar-refractivity contribution in [2.45, 2.75) is 6.68 Å². The molecule has 0 aliphatic rings. The van der Waals surface area contributed by atoms with Crippen molar-refractivity contribution >= 4 is 12.6 Å². The molecule has 0 aromatic heterocycles. The molecule has 0 radical (unpaired) electrons. The maximum atomic E-state index is 9.67. The van der Waals surface area contributed by atoms with Gasteiger partial charge < -0.3 is 0 Å². The largest absolute Gasteiger partial charge is 0.379 e. The third-order valence-electron chi connectivity index (χ3n) is 1.88. The smallest absolute Gasteiger partial charge is 0.174 e. The minimum atomic E-state index is -3.67. The highest BCUT2D eigenvalue weighted by molar-refractivity contribution is 7.83. The number of alkyl halides is 3. The lowest BCUT2D eigenvalue weighted by Crippen LogP contribution is -1.73. The first kappa shape index (κ1) is 17.3. The van der Waals surface area contributed by atoms with E-state index in [1.54, 1.807) is 0 Å². The number of halogens is 3. The third kappa shape index (κ3) is 9.97. The summed E-state index contributed by atoms with van der Waals surface area (Å²) >= 11 is 3.55. The van der Waals surface area contributed by atoms with Crippen molar-refractivity contribution in [3.05, 3.63) is 72.7 Å². The Labute approximate surface area is 117 Å². The number of hydrogen-bond acceptors (Lipinski definition) is 1. The van der Waals surface area contributed by atoms with Gasteiger partial charge in [-0.25, -0.2) is 0 Å². The van der Waals surface area contributed by atoms with Crippen LogP contribution in [0.5, 0.6) is 0 Å². The molecule has 102 valence electrons. The fraction of sp³-hybridized carbons (Fsp3) is 0.0667. The Balaban J connectivity index is 0.000000393. The second kappa shape index (κ2) is 11.4. The van der Waals surface area contributed by atoms with Gasteiger partial charge >= 0.3 is 6.68 Å². The van der Waals surface area contributed by atoms with Crippen molar-refractivity contribution in [3.8, 4) is 11.1 Å². The molecule has 0 spiro atoms. The summed E-state index contributed by atoms with van der Waals surface area (Å²) in [6.45, 7) is -0.441. The van der Waals surface area contributed by atoms with Crippen LogP contribution in [-0.4, -0.2) is 6.68 Å². The van der Waals surface area contributed by atoms with Crippen molar-refractivity contribution in [2.24, 2.45) is 0 Å². The Kier molecular flexibility index (Phi) is 10.4. The zero-order chi connectivity index (χ0) is 14.5. The molecular weight excluding hydrogens is 269 g/mol. The zero-order valence-electron chi connectivity index (χ0n) is 10.2. The Morgan fingerprint density at radius 3 is 1.21 bits per heavy atom. The summed E-state index contributed by atoms with van der Waals surface area (Å²) < 4.78 is 29.0. The summed E-state index contributed by atoms with van der Waals surface area (Å²) in [6, 6.07) is 20.8. The van der Waals surface area contributed by atoms with E-state index in [-0.39, 0.29) is 0 Å². The molecule has 2 rings (SSSR count). The topological polar surface area (TPSA) is 0 Å². The van der Waals surface area contributed by atoms with E-state index in [0.717, 1.165) is 0 Å². The molecule has 2 aromatic rings. The van der Waals surface area contributed by atoms with Crippen LogP contribution in [0.15, 0.2) is 72.7 Å². The zero-order valence-corrected chi connectivity index (χ0v) is 11.1. The molecule has 0 nitrogen and oxygen atoms in total. The number of hydrogen-bond donors (Lipinski definition) is 1. The Bertz CT molecular complexity index is 389. The molecule has 0 saturated heterocycles. The number of benzene rings is 2. The molecule has 2 aromatic carbocycles. The summed E-state index contributed by atoms with van der Waals surface area (Å²) in [6.07, 6.45) is 0. The van der Waals surface area contributed by atoms with Crippen LogP contribution < -0.4 is 0 Å². The Morgan fingerprint density at radius 2 is 1.00 bits per heavy atom. The molecule has 0 saturated carbocycles. The van der Waals surface area contributed by atoms with Crippen LogP contribution in [0.1, 0.15) is 0 Å². The summed E-state index contributed by atoms with van der Waals surface area (Å²) in [5.74, 6) is 0. The monoisotopic (exact) mass is 284 g/mol. The van der Waals surface area contributed by atoms with Crippen molar-refractivity contribution in [2.75, 3.05) is 0 Å². The van der Waals surface area contributed by atoms with E-state index in [1.807, 2.05) is 12.1 Å². The SMILES string of the molecule is C=CS.FC(F)F.c1ccc(-c2ccccc2)cc1. The van der Waals surface area contributed by atoms with Gasteiger partial charge in [0.25, 0.3) is 0 Å². The van der Waals surface area contributed by atoms with Gasteiger partial charge in [0, 0.05) is 0 Å². The molecule has 0 bridgehead atoms. The first-order valence-electron chi connectivity index (χ1n) is 5.39. The Hall–Kier alpha value is -1.68. The molecule has 0 heterocycles. The summed E-state index contributed by atoms with van der Waals surface area (Å²) in [5.41, 5.74) is 2.55. The molecule has 0 aliphatic heterocycles. The van der Waals surface area contributed by atoms with Gasteiger partial charge in [0.15, 0.2) is 0 Å². The van der Waals surface area contributed by atoms with E-state index < -0.39 is 6.68 Å². The number of thiol groups is 1. The highest BCUT2D eigenvalue weighted by Crippen LogP contribution is 2.17. The summed E-state index contributed by atoms with van der Waals surface area (Å²) in [7, 11) is 0. The highest BCUT2D eigenvalue weighted by Gasteiger charge is 1.91. The van der Waals surface area contributed by atoms with E-state index in [9.17, 15) is 13.2 Å². The first-order chi connectivity index (χ1) is 9.11. The van der Waals surface area contributed by atoms with Gasteiger partial charge in [-0.1, -0.05) is 67.2 Å². The van der Waals surface area contributed by atoms with E-state index in [2.05, 4.69) is 67.7 Å². The van der Waals surface area contributed by atoms with Crippen molar-refractivity contribution < 1.29 is 13.2 Å². The standard InChI is InChI=1S/C12H10.C2H4S.CHF3/c1-3-7-11(8-4-1)12-9-5-2-6-10-12;1-2-3;2-1(3)4/h1-10H;2-3H,1H2;1H. The van der Waals surface area contributed by atoms with Crippen LogP contribution in [-0.2, 0) is 0 Å². The van der Waals surface area contributed by atoms with Crippen LogP contribution in [0.3, 0.4) is 0 Å². The van der Waals surface area contributed by atoms with E-state index in [4.69, 9.17) is 0 Å². The van der Waals surface area contributed by atoms with Gasteiger partial charge in [0.05, 0.1) is 0 Å². The lowest BCUT2D eigenvalue weighted by molar-refractivity contribution is 0.00819. The van der Waals surface area contributed by atoms with Gasteiger partial charge in [-0.05, 0) is 16.5 Å². The maximum Gasteiger partial charge on any atom is 0.379 e. The lowest BCUT2D eigenvalue weighted by Gasteiger charge is -1.98. The van der Waals surface area contributed by atoms with Crippen molar-refractivity contribution in [1.29, 1.82) is 0 Å². The van der Waals surface area contributed by atoms with Crippen molar-refractivity contribution in [1.82, 2.24) is 0 Å². The van der Waals surface area contributed by atoms with Crippen LogP contribution >= 0.6 is 12.6 Å². The van der Waals surface area contributed by atoms with Crippen LogP contribution in [0.4, 0.5) is 13.2 Å². The fourth-order valence-corrected chi connectivity index (χ4v) is 1.26. The van der Waals surface area contributed by atoms with Crippen molar-refractivity contribution in [3.63, 3.8) is 0 Å². The molecule has 0 N–H and O–H groups in total. The minimum Gasteiger partial charge on any atom is -0.174 e. The first-order valence-corrected chi connectivity index (χ1v) is 5.91. The third-order valence-corrected chi connectivity index (χ3v) is 1.88. The van der Waals surface area contributed by atoms with Gasteiger partial charge in [0.2, 0.25) is 0 Å². The quantitative estimate of drug-likeness (QED) is 0.648. The van der Waals surface area contributed by atoms with Gasteiger partial charge in [-0.2, -0.15) is 25.8 Å². The van der Waals surface area contributed by atoms with E-state index in [0.29, 0.717) is 0 Å². The fourth-order valence-electron chi connectivity index (χ4n) is 1.26. The normalized spacial score (nSPS) is 8.68. The second-order valence-corrected chi connectivity index (χ2v) is 3.53. The minimum absolute atomic E-state index is 1.28. The number of rotatable bonds is 1.